The van der Waals surface area contributed by atoms with Gasteiger partial charge in [0.1, 0.15) is 18.1 Å². The van der Waals surface area contributed by atoms with Gasteiger partial charge >= 0.3 is 6.18 Å². The second kappa shape index (κ2) is 7.23. The quantitative estimate of drug-likeness (QED) is 0.784. The number of carbonyl (C=O) groups excluding carboxylic acids is 1. The largest absolute Gasteiger partial charge is 0.492 e. The molecule has 1 aliphatic heterocycles. The van der Waals surface area contributed by atoms with Crippen LogP contribution in [0.3, 0.4) is 0 Å². The third kappa shape index (κ3) is 3.92. The van der Waals surface area contributed by atoms with Gasteiger partial charge in [-0.25, -0.2) is 4.98 Å². The van der Waals surface area contributed by atoms with E-state index in [1.807, 2.05) is 6.92 Å². The van der Waals surface area contributed by atoms with Gasteiger partial charge in [-0.3, -0.25) is 4.79 Å². The number of aliphatic hydroxyl groups is 1. The van der Waals surface area contributed by atoms with Crippen molar-refractivity contribution in [3.8, 4) is 5.75 Å². The van der Waals surface area contributed by atoms with Crippen molar-refractivity contribution in [1.82, 2.24) is 14.9 Å². The number of nitrogens with one attached hydrogen (secondary N) is 1. The van der Waals surface area contributed by atoms with Gasteiger partial charge in [0.05, 0.1) is 28.5 Å². The summed E-state index contributed by atoms with van der Waals surface area (Å²) in [6.45, 7) is 5.36. The van der Waals surface area contributed by atoms with Crippen molar-refractivity contribution in [2.75, 3.05) is 6.61 Å². The zero-order chi connectivity index (χ0) is 21.8. The summed E-state index contributed by atoms with van der Waals surface area (Å²) in [5.41, 5.74) is -0.875. The molecule has 2 aromatic rings. The molecular weight excluding hydrogens is 399 g/mol. The van der Waals surface area contributed by atoms with E-state index in [0.717, 1.165) is 6.07 Å². The number of piperidine rings is 1. The molecule has 164 valence electrons. The Morgan fingerprint density at radius 3 is 2.67 bits per heavy atom. The maximum absolute atomic E-state index is 13.9. The molecule has 9 heteroatoms. The number of carbonyl (C=O) groups is 1. The summed E-state index contributed by atoms with van der Waals surface area (Å²) >= 11 is 0. The molecule has 4 rings (SSSR count). The molecule has 6 nitrogen and oxygen atoms in total. The molecule has 1 saturated carbocycles. The van der Waals surface area contributed by atoms with Crippen LogP contribution in [0.5, 0.6) is 5.75 Å². The number of imidazole rings is 1. The Bertz CT molecular complexity index is 975. The first-order chi connectivity index (χ1) is 13.9. The molecule has 1 aliphatic carbocycles. The molecule has 1 saturated heterocycles. The standard InChI is InChI=1S/C21H26F3N3O3/c1-11-4-15(28)5-13(26-11)9-30-17-6-16(21(22,23)24)19-18(12(17)2)25-10-27(19)14-7-20(3,29)8-14/h6,10-11,13-14,26,29H,4-5,7-9H2,1-3H3/t11-,13?,14?,20?/m0/s1. The number of rotatable bonds is 4. The van der Waals surface area contributed by atoms with Gasteiger partial charge in [0.25, 0.3) is 0 Å². The van der Waals surface area contributed by atoms with Crippen molar-refractivity contribution >= 4 is 16.8 Å². The lowest BCUT2D eigenvalue weighted by Gasteiger charge is -2.42. The van der Waals surface area contributed by atoms with Gasteiger partial charge in [-0.2, -0.15) is 13.2 Å². The van der Waals surface area contributed by atoms with E-state index in [-0.39, 0.29) is 47.3 Å². The number of Topliss-reactive ketones (excluding diaryl/α,β-unsaturated/α-hetero) is 1. The van der Waals surface area contributed by atoms with Crippen molar-refractivity contribution in [3.63, 3.8) is 0 Å². The lowest BCUT2D eigenvalue weighted by molar-refractivity contribution is -0.136. The third-order valence-electron chi connectivity index (χ3n) is 6.07. The maximum Gasteiger partial charge on any atom is 0.418 e. The second-order valence-corrected chi connectivity index (χ2v) is 8.98. The average Bonchev–Trinajstić information content (AvgIpc) is 3.02. The molecule has 2 heterocycles. The molecule has 2 N–H and O–H groups in total. The molecule has 1 unspecified atom stereocenters. The number of ketones is 1. The van der Waals surface area contributed by atoms with Gasteiger partial charge in [0.15, 0.2) is 0 Å². The van der Waals surface area contributed by atoms with Crippen LogP contribution in [0.15, 0.2) is 12.4 Å². The first kappa shape index (κ1) is 21.1. The van der Waals surface area contributed by atoms with E-state index in [1.165, 1.54) is 10.9 Å². The number of alkyl halides is 3. The van der Waals surface area contributed by atoms with Crippen LogP contribution in [-0.4, -0.2) is 44.7 Å². The Morgan fingerprint density at radius 2 is 2.07 bits per heavy atom. The van der Waals surface area contributed by atoms with E-state index < -0.39 is 17.3 Å². The number of hydrogen-bond donors (Lipinski definition) is 2. The molecule has 0 bridgehead atoms. The Morgan fingerprint density at radius 1 is 1.37 bits per heavy atom. The van der Waals surface area contributed by atoms with Crippen molar-refractivity contribution in [2.24, 2.45) is 0 Å². The predicted molar refractivity (Wildman–Crippen MR) is 104 cm³/mol. The summed E-state index contributed by atoms with van der Waals surface area (Å²) in [5.74, 6) is 0.237. The fraction of sp³-hybridized carbons (Fsp3) is 0.619. The normalized spacial score (nSPS) is 29.8. The van der Waals surface area contributed by atoms with Crippen LogP contribution in [0.4, 0.5) is 13.2 Å². The Hall–Kier alpha value is -2.13. The zero-order valence-corrected chi connectivity index (χ0v) is 17.2. The number of ether oxygens (including phenoxy) is 1. The molecule has 1 aromatic heterocycles. The molecule has 2 aliphatic rings. The molecule has 30 heavy (non-hydrogen) atoms. The van der Waals surface area contributed by atoms with Crippen molar-refractivity contribution in [3.05, 3.63) is 23.5 Å². The minimum Gasteiger partial charge on any atom is -0.492 e. The Balaban J connectivity index is 1.67. The monoisotopic (exact) mass is 425 g/mol. The minimum absolute atomic E-state index is 0.0181. The van der Waals surface area contributed by atoms with Crippen LogP contribution in [0.1, 0.15) is 56.7 Å². The molecule has 0 radical (unpaired) electrons. The summed E-state index contributed by atoms with van der Waals surface area (Å²) in [4.78, 5) is 16.0. The highest BCUT2D eigenvalue weighted by atomic mass is 19.4. The molecule has 0 amide bonds. The van der Waals surface area contributed by atoms with Gasteiger partial charge in [0.2, 0.25) is 0 Å². The topological polar surface area (TPSA) is 76.4 Å². The number of nitrogens with zero attached hydrogens (tertiary/aromatic N) is 2. The molecule has 2 fully saturated rings. The second-order valence-electron chi connectivity index (χ2n) is 8.98. The number of halogens is 3. The smallest absolute Gasteiger partial charge is 0.418 e. The number of aryl methyl sites for hydroxylation is 1. The van der Waals surface area contributed by atoms with Crippen molar-refractivity contribution < 1.29 is 27.8 Å². The van der Waals surface area contributed by atoms with Gasteiger partial charge in [-0.05, 0) is 39.7 Å². The number of aromatic nitrogens is 2. The van der Waals surface area contributed by atoms with E-state index in [9.17, 15) is 23.1 Å². The van der Waals surface area contributed by atoms with Gasteiger partial charge in [0, 0.05) is 36.5 Å². The molecule has 1 aromatic carbocycles. The van der Waals surface area contributed by atoms with E-state index in [1.54, 1.807) is 13.8 Å². The van der Waals surface area contributed by atoms with Crippen molar-refractivity contribution in [2.45, 2.75) is 76.4 Å². The summed E-state index contributed by atoms with van der Waals surface area (Å²) in [6, 6.07) is 0.585. The highest BCUT2D eigenvalue weighted by molar-refractivity contribution is 5.85. The number of benzene rings is 1. The first-order valence-electron chi connectivity index (χ1n) is 10.1. The van der Waals surface area contributed by atoms with E-state index in [0.29, 0.717) is 31.2 Å². The van der Waals surface area contributed by atoms with Gasteiger partial charge in [-0.15, -0.1) is 0 Å². The van der Waals surface area contributed by atoms with Crippen LogP contribution in [0.25, 0.3) is 11.0 Å². The van der Waals surface area contributed by atoms with Gasteiger partial charge in [-0.1, -0.05) is 0 Å². The zero-order valence-electron chi connectivity index (χ0n) is 17.2. The van der Waals surface area contributed by atoms with Crippen LogP contribution in [0.2, 0.25) is 0 Å². The van der Waals surface area contributed by atoms with E-state index in [2.05, 4.69) is 10.3 Å². The molecule has 0 spiro atoms. The maximum atomic E-state index is 13.9. The highest BCUT2D eigenvalue weighted by Gasteiger charge is 2.42. The first-order valence-corrected chi connectivity index (χ1v) is 10.1. The lowest BCUT2D eigenvalue weighted by Crippen LogP contribution is -2.47. The summed E-state index contributed by atoms with van der Waals surface area (Å²) < 4.78 is 49.0. The third-order valence-corrected chi connectivity index (χ3v) is 6.07. The number of hydrogen-bond acceptors (Lipinski definition) is 5. The molecule has 2 atom stereocenters. The van der Waals surface area contributed by atoms with Crippen LogP contribution in [0, 0.1) is 6.92 Å². The van der Waals surface area contributed by atoms with Crippen molar-refractivity contribution in [1.29, 1.82) is 0 Å². The fourth-order valence-corrected chi connectivity index (χ4v) is 4.64. The van der Waals surface area contributed by atoms with Crippen LogP contribution >= 0.6 is 0 Å². The van der Waals surface area contributed by atoms with E-state index >= 15 is 0 Å². The van der Waals surface area contributed by atoms with Crippen LogP contribution in [-0.2, 0) is 11.0 Å². The lowest BCUT2D eigenvalue weighted by atomic mass is 9.77. The summed E-state index contributed by atoms with van der Waals surface area (Å²) in [7, 11) is 0. The Labute approximate surface area is 172 Å². The van der Waals surface area contributed by atoms with Gasteiger partial charge < -0.3 is 19.7 Å². The van der Waals surface area contributed by atoms with Crippen LogP contribution < -0.4 is 10.1 Å². The number of fused-ring (bicyclic) bond motifs is 1. The summed E-state index contributed by atoms with van der Waals surface area (Å²) in [6.07, 6.45) is -1.65. The van der Waals surface area contributed by atoms with E-state index in [4.69, 9.17) is 4.74 Å². The average molecular weight is 425 g/mol. The summed E-state index contributed by atoms with van der Waals surface area (Å²) in [5, 5.41) is 13.3. The highest BCUT2D eigenvalue weighted by Crippen LogP contribution is 2.46. The molecular formula is C21H26F3N3O3. The SMILES string of the molecule is Cc1c(OCC2CC(=O)C[C@H](C)N2)cc(C(F)(F)F)c2c1ncn2C1CC(C)(O)C1. The fourth-order valence-electron chi connectivity index (χ4n) is 4.64. The minimum atomic E-state index is -4.58. The predicted octanol–water partition coefficient (Wildman–Crippen LogP) is 3.54. The Kier molecular flexibility index (Phi) is 5.09.